The summed E-state index contributed by atoms with van der Waals surface area (Å²) in [7, 11) is -3.77. The number of aryl methyl sites for hydroxylation is 2. The molecule has 8 nitrogen and oxygen atoms in total. The van der Waals surface area contributed by atoms with E-state index in [0.717, 1.165) is 17.4 Å². The Morgan fingerprint density at radius 2 is 1.72 bits per heavy atom. The number of nitrogens with zero attached hydrogens (tertiary/aromatic N) is 1. The summed E-state index contributed by atoms with van der Waals surface area (Å²) >= 11 is 0. The Labute approximate surface area is 209 Å². The van der Waals surface area contributed by atoms with Crippen LogP contribution in [0, 0.1) is 20.8 Å². The zero-order valence-electron chi connectivity index (χ0n) is 20.7. The van der Waals surface area contributed by atoms with E-state index in [2.05, 4.69) is 10.3 Å². The molecule has 36 heavy (non-hydrogen) atoms. The third-order valence-electron chi connectivity index (χ3n) is 5.79. The minimum absolute atomic E-state index is 0.0495. The number of sulfonamides is 1. The van der Waals surface area contributed by atoms with Crippen molar-refractivity contribution >= 4 is 32.6 Å². The van der Waals surface area contributed by atoms with Gasteiger partial charge in [-0.2, -0.15) is 0 Å². The van der Waals surface area contributed by atoms with Gasteiger partial charge in [0, 0.05) is 22.4 Å². The molecule has 4 aromatic rings. The summed E-state index contributed by atoms with van der Waals surface area (Å²) in [6.07, 6.45) is 0.906. The second-order valence-electron chi connectivity index (χ2n) is 8.90. The Balaban J connectivity index is 1.83. The van der Waals surface area contributed by atoms with Gasteiger partial charge in [0.15, 0.2) is 11.1 Å². The number of amides is 1. The van der Waals surface area contributed by atoms with Crippen LogP contribution in [-0.2, 0) is 10.0 Å². The number of pyridine rings is 1. The van der Waals surface area contributed by atoms with Gasteiger partial charge in [-0.05, 0) is 51.5 Å². The molecule has 0 fully saturated rings. The van der Waals surface area contributed by atoms with Crippen LogP contribution in [0.1, 0.15) is 45.8 Å². The van der Waals surface area contributed by atoms with Gasteiger partial charge in [0.1, 0.15) is 11.3 Å². The van der Waals surface area contributed by atoms with Crippen molar-refractivity contribution in [1.29, 1.82) is 0 Å². The van der Waals surface area contributed by atoms with Crippen molar-refractivity contribution in [2.45, 2.75) is 33.7 Å². The van der Waals surface area contributed by atoms with E-state index in [4.69, 9.17) is 4.42 Å². The molecule has 9 heteroatoms. The number of benzene rings is 2. The number of nitrogens with one attached hydrogen (secondary N) is 2. The first-order chi connectivity index (χ1) is 16.9. The van der Waals surface area contributed by atoms with Crippen LogP contribution >= 0.6 is 0 Å². The van der Waals surface area contributed by atoms with Crippen LogP contribution in [0.5, 0.6) is 0 Å². The average molecular weight is 506 g/mol. The number of aromatic nitrogens is 1. The lowest BCUT2D eigenvalue weighted by Gasteiger charge is -2.20. The Morgan fingerprint density at radius 3 is 2.39 bits per heavy atom. The summed E-state index contributed by atoms with van der Waals surface area (Å²) in [5, 5.41) is 3.72. The highest BCUT2D eigenvalue weighted by Crippen LogP contribution is 2.32. The van der Waals surface area contributed by atoms with Gasteiger partial charge in [-0.15, -0.1) is 0 Å². The lowest BCUT2D eigenvalue weighted by molar-refractivity contribution is 0.0977. The number of carbonyl (C=O) groups is 1. The molecule has 2 N–H and O–H groups in total. The summed E-state index contributed by atoms with van der Waals surface area (Å²) < 4.78 is 31.6. The van der Waals surface area contributed by atoms with Crippen LogP contribution in [0.15, 0.2) is 63.8 Å². The quantitative estimate of drug-likeness (QED) is 0.392. The standard InChI is InChI=1S/C27H27N3O5S/c1-15-13-20(18(4)29-22-12-11-16(2)28-23(22)27(32)30-36(5,33)34)26-21(14-15)24(31)17(3)25(35-26)19-9-7-6-8-10-19/h6-14,18,29H,1-5H3,(H,30,32). The lowest BCUT2D eigenvalue weighted by Crippen LogP contribution is -2.31. The molecular weight excluding hydrogens is 478 g/mol. The molecule has 1 atom stereocenters. The van der Waals surface area contributed by atoms with Crippen molar-refractivity contribution in [3.05, 3.63) is 92.9 Å². The Morgan fingerprint density at radius 1 is 1.03 bits per heavy atom. The molecule has 0 radical (unpaired) electrons. The zero-order valence-corrected chi connectivity index (χ0v) is 21.5. The third kappa shape index (κ3) is 5.16. The molecule has 0 aliphatic heterocycles. The molecule has 0 aliphatic rings. The maximum atomic E-state index is 13.3. The Kier molecular flexibility index (Phi) is 6.69. The summed E-state index contributed by atoms with van der Waals surface area (Å²) in [5.74, 6) is -0.339. The maximum absolute atomic E-state index is 13.3. The van der Waals surface area contributed by atoms with Crippen LogP contribution < -0.4 is 15.5 Å². The monoisotopic (exact) mass is 505 g/mol. The highest BCUT2D eigenvalue weighted by Gasteiger charge is 2.22. The van der Waals surface area contributed by atoms with E-state index < -0.39 is 22.0 Å². The van der Waals surface area contributed by atoms with Crippen LogP contribution in [-0.4, -0.2) is 25.6 Å². The molecular formula is C27H27N3O5S. The van der Waals surface area contributed by atoms with Gasteiger partial charge in [-0.1, -0.05) is 36.4 Å². The largest absolute Gasteiger partial charge is 0.455 e. The van der Waals surface area contributed by atoms with Crippen molar-refractivity contribution < 1.29 is 17.6 Å². The Bertz CT molecular complexity index is 1640. The van der Waals surface area contributed by atoms with Gasteiger partial charge in [0.25, 0.3) is 5.91 Å². The van der Waals surface area contributed by atoms with E-state index in [1.807, 2.05) is 55.0 Å². The van der Waals surface area contributed by atoms with Crippen LogP contribution in [0.25, 0.3) is 22.3 Å². The number of fused-ring (bicyclic) bond motifs is 1. The van der Waals surface area contributed by atoms with E-state index in [9.17, 15) is 18.0 Å². The molecule has 4 rings (SSSR count). The number of hydrogen-bond donors (Lipinski definition) is 2. The summed E-state index contributed by atoms with van der Waals surface area (Å²) in [5.41, 5.74) is 4.10. The molecule has 0 spiro atoms. The summed E-state index contributed by atoms with van der Waals surface area (Å²) in [4.78, 5) is 30.2. The van der Waals surface area contributed by atoms with Crippen LogP contribution in [0.4, 0.5) is 5.69 Å². The first-order valence-electron chi connectivity index (χ1n) is 11.3. The fourth-order valence-electron chi connectivity index (χ4n) is 4.13. The van der Waals surface area contributed by atoms with Crippen molar-refractivity contribution in [2.24, 2.45) is 0 Å². The van der Waals surface area contributed by atoms with E-state index in [0.29, 0.717) is 39.2 Å². The van der Waals surface area contributed by atoms with Crippen molar-refractivity contribution in [2.75, 3.05) is 11.6 Å². The fraction of sp³-hybridized carbons (Fsp3) is 0.222. The lowest BCUT2D eigenvalue weighted by atomic mass is 9.98. The highest BCUT2D eigenvalue weighted by molar-refractivity contribution is 7.89. The predicted molar refractivity (Wildman–Crippen MR) is 141 cm³/mol. The number of anilines is 1. The molecule has 0 bridgehead atoms. The summed E-state index contributed by atoms with van der Waals surface area (Å²) in [6, 6.07) is 16.1. The van der Waals surface area contributed by atoms with Gasteiger partial charge < -0.3 is 9.73 Å². The number of carbonyl (C=O) groups excluding carboxylic acids is 1. The molecule has 1 unspecified atom stereocenters. The average Bonchev–Trinajstić information content (AvgIpc) is 2.81. The predicted octanol–water partition coefficient (Wildman–Crippen LogP) is 4.64. The minimum Gasteiger partial charge on any atom is -0.455 e. The number of rotatable bonds is 6. The molecule has 0 saturated heterocycles. The first kappa shape index (κ1) is 25.1. The fourth-order valence-corrected chi connectivity index (χ4v) is 4.56. The van der Waals surface area contributed by atoms with E-state index in [1.54, 1.807) is 32.0 Å². The Hall–Kier alpha value is -3.98. The van der Waals surface area contributed by atoms with Crippen LogP contribution in [0.2, 0.25) is 0 Å². The second kappa shape index (κ2) is 9.58. The van der Waals surface area contributed by atoms with Crippen molar-refractivity contribution in [3.8, 4) is 11.3 Å². The second-order valence-corrected chi connectivity index (χ2v) is 10.6. The smallest absolute Gasteiger partial charge is 0.285 e. The highest BCUT2D eigenvalue weighted by atomic mass is 32.2. The molecule has 186 valence electrons. The van der Waals surface area contributed by atoms with Gasteiger partial charge in [-0.3, -0.25) is 9.59 Å². The van der Waals surface area contributed by atoms with Gasteiger partial charge in [0.05, 0.1) is 23.4 Å². The van der Waals surface area contributed by atoms with E-state index in [1.165, 1.54) is 0 Å². The zero-order chi connectivity index (χ0) is 26.2. The molecule has 1 amide bonds. The normalized spacial score (nSPS) is 12.4. The maximum Gasteiger partial charge on any atom is 0.285 e. The minimum atomic E-state index is -3.77. The molecule has 2 aromatic heterocycles. The van der Waals surface area contributed by atoms with E-state index >= 15 is 0 Å². The van der Waals surface area contributed by atoms with Crippen molar-refractivity contribution in [3.63, 3.8) is 0 Å². The molecule has 0 aliphatic carbocycles. The number of hydrogen-bond acceptors (Lipinski definition) is 7. The topological polar surface area (TPSA) is 118 Å². The van der Waals surface area contributed by atoms with Crippen molar-refractivity contribution in [1.82, 2.24) is 9.71 Å². The van der Waals surface area contributed by atoms with Gasteiger partial charge in [-0.25, -0.2) is 18.1 Å². The van der Waals surface area contributed by atoms with E-state index in [-0.39, 0.29) is 11.1 Å². The van der Waals surface area contributed by atoms with Crippen LogP contribution in [0.3, 0.4) is 0 Å². The third-order valence-corrected chi connectivity index (χ3v) is 6.35. The SMILES string of the molecule is Cc1cc(C(C)Nc2ccc(C)nc2C(=O)NS(C)(=O)=O)c2oc(-c3ccccc3)c(C)c(=O)c2c1. The first-order valence-corrected chi connectivity index (χ1v) is 13.2. The molecule has 2 heterocycles. The molecule has 0 saturated carbocycles. The van der Waals surface area contributed by atoms with Gasteiger partial charge in [0.2, 0.25) is 10.0 Å². The summed E-state index contributed by atoms with van der Waals surface area (Å²) in [6.45, 7) is 7.23. The molecule has 2 aromatic carbocycles. The van der Waals surface area contributed by atoms with Gasteiger partial charge >= 0.3 is 0 Å².